The fourth-order valence-electron chi connectivity index (χ4n) is 4.26. The van der Waals surface area contributed by atoms with Crippen LogP contribution in [0.5, 0.6) is 5.75 Å². The van der Waals surface area contributed by atoms with Crippen LogP contribution in [0.25, 0.3) is 0 Å². The van der Waals surface area contributed by atoms with Crippen molar-refractivity contribution in [2.45, 2.75) is 39.3 Å². The molecule has 0 spiro atoms. The zero-order valence-corrected chi connectivity index (χ0v) is 20.6. The average Bonchev–Trinajstić information content (AvgIpc) is 2.67. The number of aryl methyl sites for hydroxylation is 1. The van der Waals surface area contributed by atoms with Crippen LogP contribution in [0.4, 0.5) is 0 Å². The summed E-state index contributed by atoms with van der Waals surface area (Å²) in [6.45, 7) is 10.1. The minimum absolute atomic E-state index is 0.0472. The van der Waals surface area contributed by atoms with Crippen molar-refractivity contribution in [3.05, 3.63) is 90.0 Å². The molecule has 0 aliphatic carbocycles. The first-order chi connectivity index (χ1) is 14.0. The molecule has 0 saturated heterocycles. The zero-order chi connectivity index (χ0) is 22.0. The van der Waals surface area contributed by atoms with Crippen LogP contribution in [0.1, 0.15) is 31.9 Å². The first kappa shape index (κ1) is 22.3. The van der Waals surface area contributed by atoms with Gasteiger partial charge in [0.05, 0.1) is 21.1 Å². The number of rotatable bonds is 6. The summed E-state index contributed by atoms with van der Waals surface area (Å²) in [6.07, 6.45) is 0. The van der Waals surface area contributed by atoms with Gasteiger partial charge in [-0.2, -0.15) is 0 Å². The van der Waals surface area contributed by atoms with Gasteiger partial charge in [0.15, 0.2) is 0 Å². The topological polar surface area (TPSA) is 9.23 Å². The molecular formula is C27H36NOSi+. The van der Waals surface area contributed by atoms with E-state index in [1.807, 2.05) is 0 Å². The van der Waals surface area contributed by atoms with Gasteiger partial charge in [0.1, 0.15) is 12.3 Å². The summed E-state index contributed by atoms with van der Waals surface area (Å²) in [5.74, 6) is 1.02. The van der Waals surface area contributed by atoms with E-state index in [0.717, 1.165) is 16.8 Å². The van der Waals surface area contributed by atoms with E-state index in [9.17, 15) is 0 Å². The van der Waals surface area contributed by atoms with E-state index >= 15 is 0 Å². The predicted octanol–water partition coefficient (Wildman–Crippen LogP) is 5.14. The summed E-state index contributed by atoms with van der Waals surface area (Å²) in [5, 5.41) is 2.56. The molecule has 0 fully saturated rings. The van der Waals surface area contributed by atoms with Crippen molar-refractivity contribution in [1.29, 1.82) is 0 Å². The maximum absolute atomic E-state index is 7.30. The van der Waals surface area contributed by atoms with E-state index in [1.165, 1.54) is 21.5 Å². The highest BCUT2D eigenvalue weighted by Crippen LogP contribution is 2.38. The van der Waals surface area contributed by atoms with Crippen LogP contribution in [-0.4, -0.2) is 33.9 Å². The summed E-state index contributed by atoms with van der Waals surface area (Å²) in [5.41, 5.74) is 2.55. The van der Waals surface area contributed by atoms with E-state index in [-0.39, 0.29) is 5.04 Å². The van der Waals surface area contributed by atoms with Crippen molar-refractivity contribution >= 4 is 18.7 Å². The fraction of sp³-hybridized carbons (Fsp3) is 0.333. The summed E-state index contributed by atoms with van der Waals surface area (Å²) in [6, 6.07) is 28.4. The molecule has 0 atom stereocenters. The van der Waals surface area contributed by atoms with Gasteiger partial charge in [-0.15, -0.1) is 0 Å². The molecule has 3 aromatic rings. The van der Waals surface area contributed by atoms with Gasteiger partial charge in [0.2, 0.25) is 0 Å². The molecule has 2 nitrogen and oxygen atoms in total. The number of hydrogen-bond acceptors (Lipinski definition) is 1. The highest BCUT2D eigenvalue weighted by atomic mass is 28.4. The van der Waals surface area contributed by atoms with Crippen molar-refractivity contribution < 1.29 is 8.91 Å². The van der Waals surface area contributed by atoms with Crippen LogP contribution >= 0.6 is 0 Å². The molecule has 30 heavy (non-hydrogen) atoms. The van der Waals surface area contributed by atoms with Crippen LogP contribution < -0.4 is 14.8 Å². The minimum Gasteiger partial charge on any atom is -0.534 e. The van der Waals surface area contributed by atoms with Crippen LogP contribution in [0.2, 0.25) is 5.04 Å². The van der Waals surface area contributed by atoms with Crippen LogP contribution in [0.3, 0.4) is 0 Å². The molecule has 0 bridgehead atoms. The number of hydrogen-bond donors (Lipinski definition) is 0. The Bertz CT molecular complexity index is 930. The lowest BCUT2D eigenvalue weighted by molar-refractivity contribution is -0.884. The summed E-state index contributed by atoms with van der Waals surface area (Å²) < 4.78 is 8.16. The fourth-order valence-corrected chi connectivity index (χ4v) is 8.72. The molecule has 0 aromatic heterocycles. The molecule has 0 radical (unpaired) electrons. The molecule has 0 saturated carbocycles. The first-order valence-corrected chi connectivity index (χ1v) is 12.6. The lowest BCUT2D eigenvalue weighted by Gasteiger charge is -2.43. The lowest BCUT2D eigenvalue weighted by Crippen LogP contribution is -2.69. The highest BCUT2D eigenvalue weighted by Gasteiger charge is 2.52. The third-order valence-corrected chi connectivity index (χ3v) is 10.5. The van der Waals surface area contributed by atoms with Gasteiger partial charge < -0.3 is 8.91 Å². The van der Waals surface area contributed by atoms with Crippen molar-refractivity contribution in [3.63, 3.8) is 0 Å². The molecule has 0 amide bonds. The summed E-state index contributed by atoms with van der Waals surface area (Å²) in [4.78, 5) is 0. The molecular weight excluding hydrogens is 382 g/mol. The van der Waals surface area contributed by atoms with E-state index in [0.29, 0.717) is 0 Å². The Morgan fingerprint density at radius 2 is 1.27 bits per heavy atom. The Morgan fingerprint density at radius 1 is 0.767 bits per heavy atom. The average molecular weight is 419 g/mol. The summed E-state index contributed by atoms with van der Waals surface area (Å²) >= 11 is 0. The quantitative estimate of drug-likeness (QED) is 0.398. The SMILES string of the molecule is Cc1ccc(O[Si](c2ccccc2)(c2ccccc2)C(C)(C)C)c(C[N+](C)(C)C)c1. The van der Waals surface area contributed by atoms with Gasteiger partial charge in [-0.05, 0) is 34.5 Å². The zero-order valence-electron chi connectivity index (χ0n) is 19.6. The van der Waals surface area contributed by atoms with Gasteiger partial charge >= 0.3 is 8.32 Å². The van der Waals surface area contributed by atoms with Gasteiger partial charge in [-0.1, -0.05) is 93.1 Å². The van der Waals surface area contributed by atoms with Gasteiger partial charge in [0.25, 0.3) is 0 Å². The third kappa shape index (κ3) is 4.68. The Morgan fingerprint density at radius 3 is 1.70 bits per heavy atom. The molecule has 0 unspecified atom stereocenters. The van der Waals surface area contributed by atoms with Gasteiger partial charge in [-0.3, -0.25) is 0 Å². The molecule has 0 aliphatic rings. The first-order valence-electron chi connectivity index (χ1n) is 10.7. The molecule has 3 heteroatoms. The Labute approximate surface area is 183 Å². The van der Waals surface area contributed by atoms with Crippen molar-refractivity contribution in [2.24, 2.45) is 0 Å². The van der Waals surface area contributed by atoms with Crippen LogP contribution in [0.15, 0.2) is 78.9 Å². The maximum atomic E-state index is 7.30. The normalized spacial score (nSPS) is 12.6. The van der Waals surface area contributed by atoms with Crippen molar-refractivity contribution in [3.8, 4) is 5.75 Å². The monoisotopic (exact) mass is 418 g/mol. The third-order valence-electron chi connectivity index (χ3n) is 5.54. The van der Waals surface area contributed by atoms with E-state index in [4.69, 9.17) is 4.43 Å². The van der Waals surface area contributed by atoms with E-state index < -0.39 is 8.32 Å². The smallest absolute Gasteiger partial charge is 0.319 e. The van der Waals surface area contributed by atoms with E-state index in [1.54, 1.807) is 0 Å². The van der Waals surface area contributed by atoms with Crippen LogP contribution in [-0.2, 0) is 6.54 Å². The number of nitrogens with zero attached hydrogens (tertiary/aromatic N) is 1. The standard InChI is InChI=1S/C27H36NOSi/c1-22-18-19-26(23(20-22)21-28(5,6)7)29-30(27(2,3)4,24-14-10-8-11-15-24)25-16-12-9-13-17-25/h8-20H,21H2,1-7H3/q+1. The highest BCUT2D eigenvalue weighted by molar-refractivity contribution is 7.00. The van der Waals surface area contributed by atoms with Crippen LogP contribution in [0, 0.1) is 6.92 Å². The molecule has 0 heterocycles. The lowest BCUT2D eigenvalue weighted by atomic mass is 10.1. The Balaban J connectivity index is 2.26. The van der Waals surface area contributed by atoms with Crippen molar-refractivity contribution in [1.82, 2.24) is 0 Å². The largest absolute Gasteiger partial charge is 0.534 e. The predicted molar refractivity (Wildman–Crippen MR) is 131 cm³/mol. The van der Waals surface area contributed by atoms with Gasteiger partial charge in [0, 0.05) is 5.56 Å². The second-order valence-corrected chi connectivity index (χ2v) is 14.5. The minimum atomic E-state index is -2.62. The molecule has 3 aromatic carbocycles. The maximum Gasteiger partial charge on any atom is 0.319 e. The Kier molecular flexibility index (Phi) is 6.26. The number of quaternary nitrogens is 1. The van der Waals surface area contributed by atoms with Gasteiger partial charge in [-0.25, -0.2) is 0 Å². The second-order valence-electron chi connectivity index (χ2n) is 10.3. The van der Waals surface area contributed by atoms with Crippen molar-refractivity contribution in [2.75, 3.05) is 21.1 Å². The number of benzene rings is 3. The van der Waals surface area contributed by atoms with E-state index in [2.05, 4.69) is 128 Å². The molecule has 0 aliphatic heterocycles. The molecule has 3 rings (SSSR count). The Hall–Kier alpha value is -2.36. The summed E-state index contributed by atoms with van der Waals surface area (Å²) in [7, 11) is 4.07. The second kappa shape index (κ2) is 8.41. The molecule has 0 N–H and O–H groups in total. The molecule has 158 valence electrons.